The second kappa shape index (κ2) is 10.8. The van der Waals surface area contributed by atoms with Crippen molar-refractivity contribution in [3.8, 4) is 0 Å². The van der Waals surface area contributed by atoms with Gasteiger partial charge in [0.25, 0.3) is 0 Å². The summed E-state index contributed by atoms with van der Waals surface area (Å²) in [6.45, 7) is 0. The monoisotopic (exact) mass is 255 g/mol. The minimum absolute atomic E-state index is 0. The fourth-order valence-electron chi connectivity index (χ4n) is 0. The fraction of sp³-hybridized carbons (Fsp3) is 0. The van der Waals surface area contributed by atoms with Crippen molar-refractivity contribution in [3.63, 3.8) is 0 Å². The first-order chi connectivity index (χ1) is 1.41. The average molecular weight is 255 g/mol. The Hall–Kier alpha value is 0.193. The van der Waals surface area contributed by atoms with Crippen LogP contribution in [0.5, 0.6) is 0 Å². The second-order valence-electron chi connectivity index (χ2n) is 0.100. The summed E-state index contributed by atoms with van der Waals surface area (Å²) in [5.74, 6) is 0. The van der Waals surface area contributed by atoms with Crippen LogP contribution in [0, 0.1) is 5.53 Å². The van der Waals surface area contributed by atoms with Crippen molar-refractivity contribution in [2.24, 2.45) is 0 Å². The number of hydrogen-bond donors (Lipinski definition) is 1. The molecule has 0 bridgehead atoms. The van der Waals surface area contributed by atoms with E-state index in [2.05, 4.69) is 0 Å². The molecule has 0 saturated heterocycles. The molecule has 0 aromatic rings. The Morgan fingerprint density at radius 1 is 1.75 bits per heavy atom. The molecular formula is H4BiN3. The molecule has 0 atom stereocenters. The Bertz CT molecular complexity index is 24.3. The smallest absolute Gasteiger partial charge is 0.00208 e. The third-order valence-electron chi connectivity index (χ3n) is 0. The van der Waals surface area contributed by atoms with E-state index >= 15 is 0 Å². The largest absolute Gasteiger partial charge is 0.108 e. The van der Waals surface area contributed by atoms with Crippen molar-refractivity contribution in [1.82, 2.24) is 0 Å². The van der Waals surface area contributed by atoms with Crippen LogP contribution >= 0.6 is 0 Å². The molecule has 0 spiro atoms. The normalized spacial score (nSPS) is 2.00. The van der Waals surface area contributed by atoms with E-state index in [9.17, 15) is 0 Å². The van der Waals surface area contributed by atoms with E-state index in [1.807, 2.05) is 0 Å². The van der Waals surface area contributed by atoms with Gasteiger partial charge in [-0.2, -0.15) is 0 Å². The fourth-order valence-corrected chi connectivity index (χ4v) is 0. The summed E-state index contributed by atoms with van der Waals surface area (Å²) in [7, 11) is 0. The van der Waals surface area contributed by atoms with Crippen LogP contribution in [0.15, 0.2) is 0 Å². The maximum atomic E-state index is 6.86. The Labute approximate surface area is 42.5 Å². The van der Waals surface area contributed by atoms with Gasteiger partial charge < -0.3 is 0 Å². The molecular weight excluding hydrogens is 251 g/mol. The minimum atomic E-state index is 0. The third-order valence-corrected chi connectivity index (χ3v) is 0. The Balaban J connectivity index is 0. The van der Waals surface area contributed by atoms with Crippen LogP contribution in [-0.2, 0) is 0 Å². The van der Waals surface area contributed by atoms with Gasteiger partial charge >= 0.3 is 26.2 Å². The zero-order chi connectivity index (χ0) is 2.71. The van der Waals surface area contributed by atoms with Gasteiger partial charge in [0.2, 0.25) is 0 Å². The predicted molar refractivity (Wildman–Crippen MR) is 19.4 cm³/mol. The first kappa shape index (κ1) is 8.89. The zero-order valence-electron chi connectivity index (χ0n) is 2.10. The van der Waals surface area contributed by atoms with Crippen molar-refractivity contribution in [1.29, 1.82) is 5.53 Å². The minimum Gasteiger partial charge on any atom is -0.108 e. The van der Waals surface area contributed by atoms with E-state index in [0.717, 1.165) is 0 Å². The van der Waals surface area contributed by atoms with E-state index in [0.29, 0.717) is 0 Å². The molecule has 0 aromatic heterocycles. The Morgan fingerprint density at radius 3 is 1.75 bits per heavy atom. The molecule has 4 heavy (non-hydrogen) atoms. The van der Waals surface area contributed by atoms with Crippen molar-refractivity contribution in [2.75, 3.05) is 0 Å². The van der Waals surface area contributed by atoms with Gasteiger partial charge in [0, 0.05) is 0 Å². The van der Waals surface area contributed by atoms with Gasteiger partial charge in [-0.05, 0) is 10.4 Å². The van der Waals surface area contributed by atoms with Crippen LogP contribution in [0.4, 0.5) is 0 Å². The van der Waals surface area contributed by atoms with Crippen LogP contribution in [0.3, 0.4) is 0 Å². The molecule has 0 unspecified atom stereocenters. The number of hydrogen-bond acceptors (Lipinski definition) is 1. The Kier molecular flexibility index (Phi) is 24.0. The van der Waals surface area contributed by atoms with Crippen LogP contribution in [0.25, 0.3) is 10.4 Å². The number of nitrogens with zero attached hydrogens (tertiary/aromatic N) is 2. The first-order valence-corrected chi connectivity index (χ1v) is 0.424. The van der Waals surface area contributed by atoms with E-state index in [1.54, 1.807) is 4.91 Å². The summed E-state index contributed by atoms with van der Waals surface area (Å²) in [5.41, 5.74) is 12.2. The van der Waals surface area contributed by atoms with Crippen molar-refractivity contribution < 1.29 is 0 Å². The summed E-state index contributed by atoms with van der Waals surface area (Å²) in [4.78, 5) is 1.75. The number of rotatable bonds is 0. The van der Waals surface area contributed by atoms with Gasteiger partial charge in [0.1, 0.15) is 0 Å². The molecule has 3 nitrogen and oxygen atoms in total. The summed E-state index contributed by atoms with van der Waals surface area (Å²) in [6, 6.07) is 0. The molecule has 0 rings (SSSR count). The standard InChI is InChI=1S/Bi.HN3.3H/c;1-3-2;;;/h;1H;;;. The van der Waals surface area contributed by atoms with Gasteiger partial charge in [-0.1, -0.05) is 0 Å². The molecule has 0 heterocycles. The van der Waals surface area contributed by atoms with Gasteiger partial charge in [-0.15, -0.1) is 5.53 Å². The van der Waals surface area contributed by atoms with E-state index in [4.69, 9.17) is 11.1 Å². The molecule has 0 aliphatic rings. The van der Waals surface area contributed by atoms with Gasteiger partial charge in [-0.3, -0.25) is 0 Å². The maximum absolute atomic E-state index is 6.86. The van der Waals surface area contributed by atoms with Gasteiger partial charge in [0.15, 0.2) is 0 Å². The van der Waals surface area contributed by atoms with Crippen LogP contribution in [0.1, 0.15) is 0 Å². The van der Waals surface area contributed by atoms with Crippen molar-refractivity contribution in [2.45, 2.75) is 0 Å². The molecule has 0 aromatic carbocycles. The first-order valence-electron chi connectivity index (χ1n) is 0.424. The summed E-state index contributed by atoms with van der Waals surface area (Å²) in [6.07, 6.45) is 0. The molecule has 0 amide bonds. The van der Waals surface area contributed by atoms with E-state index in [1.165, 1.54) is 0 Å². The van der Waals surface area contributed by atoms with Crippen molar-refractivity contribution >= 4 is 26.2 Å². The molecule has 0 saturated carbocycles. The molecule has 24 valence electrons. The topological polar surface area (TPSA) is 60.3 Å². The summed E-state index contributed by atoms with van der Waals surface area (Å²) < 4.78 is 0. The van der Waals surface area contributed by atoms with Gasteiger partial charge in [0.05, 0.1) is 0 Å². The quantitative estimate of drug-likeness (QED) is 0.267. The molecule has 0 aliphatic carbocycles. The SMILES string of the molecule is [BiH3].[N-]=[N+]=N. The molecule has 1 N–H and O–H groups in total. The van der Waals surface area contributed by atoms with Crippen LogP contribution in [0.2, 0.25) is 0 Å². The predicted octanol–water partition coefficient (Wildman–Crippen LogP) is -0.308. The van der Waals surface area contributed by atoms with E-state index < -0.39 is 0 Å². The Morgan fingerprint density at radius 2 is 1.75 bits per heavy atom. The number of nitrogens with one attached hydrogen (secondary N) is 1. The van der Waals surface area contributed by atoms with E-state index in [-0.39, 0.29) is 26.2 Å². The zero-order valence-corrected chi connectivity index (χ0v) is 7.60. The summed E-state index contributed by atoms with van der Waals surface area (Å²) >= 11 is 0. The average Bonchev–Trinajstić information content (AvgIpc) is 0.918. The van der Waals surface area contributed by atoms with Crippen molar-refractivity contribution in [3.05, 3.63) is 10.4 Å². The van der Waals surface area contributed by atoms with Crippen LogP contribution < -0.4 is 0 Å². The maximum Gasteiger partial charge on any atom is -0.00208 e. The molecule has 0 aliphatic heterocycles. The molecule has 4 heteroatoms. The second-order valence-corrected chi connectivity index (χ2v) is 0.100. The molecule has 0 fully saturated rings. The molecule has 0 radical (unpaired) electrons. The van der Waals surface area contributed by atoms with Crippen LogP contribution in [-0.4, -0.2) is 26.2 Å². The van der Waals surface area contributed by atoms with Gasteiger partial charge in [-0.25, -0.2) is 0 Å². The third kappa shape index (κ3) is 83.7. The summed E-state index contributed by atoms with van der Waals surface area (Å²) in [5, 5.41) is 0.